The van der Waals surface area contributed by atoms with Gasteiger partial charge in [0.1, 0.15) is 5.78 Å². The molecule has 4 aliphatic carbocycles. The van der Waals surface area contributed by atoms with E-state index in [0.717, 1.165) is 19.3 Å². The summed E-state index contributed by atoms with van der Waals surface area (Å²) in [6.45, 7) is 14.0. The molecule has 2 N–H and O–H groups in total. The number of allylic oxidation sites excluding steroid dienone is 4. The fourth-order valence-electron chi connectivity index (χ4n) is 6.72. The van der Waals surface area contributed by atoms with Crippen molar-refractivity contribution >= 4 is 11.6 Å². The van der Waals surface area contributed by atoms with Gasteiger partial charge in [-0.25, -0.2) is 0 Å². The molecule has 8 atom stereocenters. The molecule has 3 saturated carbocycles. The molecule has 4 heteroatoms. The Balaban J connectivity index is 0.000000404. The minimum atomic E-state index is -0.409. The van der Waals surface area contributed by atoms with Crippen molar-refractivity contribution < 1.29 is 19.8 Å². The molecule has 4 nitrogen and oxygen atoms in total. The van der Waals surface area contributed by atoms with E-state index in [0.29, 0.717) is 30.6 Å². The Hall–Kier alpha value is -1.26. The van der Waals surface area contributed by atoms with Gasteiger partial charge in [0.05, 0.1) is 12.2 Å². The first-order chi connectivity index (χ1) is 14.0. The van der Waals surface area contributed by atoms with Gasteiger partial charge >= 0.3 is 0 Å². The summed E-state index contributed by atoms with van der Waals surface area (Å²) in [5.41, 5.74) is 0.837. The molecule has 0 saturated heterocycles. The summed E-state index contributed by atoms with van der Waals surface area (Å²) < 4.78 is 0. The van der Waals surface area contributed by atoms with Crippen LogP contribution >= 0.6 is 0 Å². The molecule has 0 amide bonds. The number of carbonyl (C=O) groups is 2. The molecular formula is C26H42O4. The number of aliphatic hydroxyl groups is 2. The smallest absolute Gasteiger partial charge is 0.178 e. The van der Waals surface area contributed by atoms with E-state index < -0.39 is 6.10 Å². The van der Waals surface area contributed by atoms with E-state index in [1.54, 1.807) is 13.0 Å². The maximum absolute atomic E-state index is 11.9. The number of Topliss-reactive ketones (excluding diaryl/α,β-unsaturated/α-hetero) is 1. The predicted octanol–water partition coefficient (Wildman–Crippen LogP) is 4.88. The molecule has 5 unspecified atom stereocenters. The van der Waals surface area contributed by atoms with E-state index in [1.807, 2.05) is 26.8 Å². The summed E-state index contributed by atoms with van der Waals surface area (Å²) in [5, 5.41) is 21.5. The molecule has 0 spiro atoms. The van der Waals surface area contributed by atoms with Gasteiger partial charge < -0.3 is 15.0 Å². The molecule has 0 radical (unpaired) electrons. The Bertz CT molecular complexity index is 708. The fourth-order valence-corrected chi connectivity index (χ4v) is 6.72. The summed E-state index contributed by atoms with van der Waals surface area (Å²) in [4.78, 5) is 21.7. The zero-order chi connectivity index (χ0) is 22.9. The maximum atomic E-state index is 11.9. The van der Waals surface area contributed by atoms with Crippen molar-refractivity contribution in [3.63, 3.8) is 0 Å². The van der Waals surface area contributed by atoms with E-state index in [2.05, 4.69) is 26.8 Å². The number of aliphatic hydroxyl groups excluding tert-OH is 2. The number of fused-ring (bicyclic) bond motifs is 5. The first kappa shape index (κ1) is 25.0. The molecular weight excluding hydrogens is 376 g/mol. The number of hydrogen-bond donors (Lipinski definition) is 2. The van der Waals surface area contributed by atoms with Crippen molar-refractivity contribution in [3.05, 3.63) is 23.8 Å². The van der Waals surface area contributed by atoms with Crippen molar-refractivity contribution in [2.24, 2.45) is 34.5 Å². The number of carbonyl (C=O) groups excluding carboxylic acids is 2. The van der Waals surface area contributed by atoms with Crippen LogP contribution in [0.1, 0.15) is 80.6 Å². The second-order valence-corrected chi connectivity index (χ2v) is 9.98. The fraction of sp³-hybridized carbons (Fsp3) is 0.769. The van der Waals surface area contributed by atoms with Gasteiger partial charge in [0.15, 0.2) is 5.78 Å². The average molecular weight is 419 g/mol. The number of ketones is 2. The van der Waals surface area contributed by atoms with Crippen LogP contribution in [0.15, 0.2) is 23.8 Å². The van der Waals surface area contributed by atoms with E-state index in [-0.39, 0.29) is 34.4 Å². The molecule has 30 heavy (non-hydrogen) atoms. The van der Waals surface area contributed by atoms with Crippen molar-refractivity contribution in [2.75, 3.05) is 0 Å². The van der Waals surface area contributed by atoms with Crippen LogP contribution in [0, 0.1) is 34.5 Å². The van der Waals surface area contributed by atoms with E-state index in [9.17, 15) is 19.8 Å². The minimum Gasteiger partial charge on any atom is -0.393 e. The van der Waals surface area contributed by atoms with Gasteiger partial charge in [-0.05, 0) is 67.9 Å². The highest BCUT2D eigenvalue weighted by atomic mass is 16.3. The monoisotopic (exact) mass is 418 g/mol. The van der Waals surface area contributed by atoms with Gasteiger partial charge in [-0.2, -0.15) is 0 Å². The molecule has 170 valence electrons. The molecule has 0 aromatic rings. The standard InChI is InChI=1S/C20H28O3.C4H8O.C2H6/c1-11-8-13-14-4-5-17(23)20(14,3)10-16(22)18(13)19(2)7-6-12(21)9-15(11)19;1-3-4(2)5;1-2/h6-7,9,11,13-14,16-18,22-23H,4-5,8,10H2,1-3H3;3H2,1-2H3;1-2H3/t11-,13?,14?,16?,17+,18+,19?,20?;;/m0../s1. The zero-order valence-electron chi connectivity index (χ0n) is 19.9. The van der Waals surface area contributed by atoms with Crippen molar-refractivity contribution in [1.29, 1.82) is 0 Å². The van der Waals surface area contributed by atoms with Crippen molar-refractivity contribution in [2.45, 2.75) is 92.8 Å². The van der Waals surface area contributed by atoms with Gasteiger partial charge in [-0.15, -0.1) is 0 Å². The Morgan fingerprint density at radius 2 is 1.80 bits per heavy atom. The molecule has 0 aromatic heterocycles. The second kappa shape index (κ2) is 9.48. The van der Waals surface area contributed by atoms with Gasteiger partial charge in [-0.3, -0.25) is 4.79 Å². The summed E-state index contributed by atoms with van der Waals surface area (Å²) in [6, 6.07) is 0. The topological polar surface area (TPSA) is 74.6 Å². The van der Waals surface area contributed by atoms with Gasteiger partial charge in [0.25, 0.3) is 0 Å². The first-order valence-electron chi connectivity index (χ1n) is 11.9. The third-order valence-electron chi connectivity index (χ3n) is 8.26. The lowest BCUT2D eigenvalue weighted by atomic mass is 9.46. The molecule has 4 aliphatic rings. The lowest BCUT2D eigenvalue weighted by Crippen LogP contribution is -2.57. The van der Waals surface area contributed by atoms with Crippen LogP contribution in [0.3, 0.4) is 0 Å². The first-order valence-corrected chi connectivity index (χ1v) is 11.9. The minimum absolute atomic E-state index is 0.0780. The average Bonchev–Trinajstić information content (AvgIpc) is 2.99. The Kier molecular flexibility index (Phi) is 7.90. The van der Waals surface area contributed by atoms with Gasteiger partial charge in [-0.1, -0.05) is 53.2 Å². The molecule has 3 fully saturated rings. The van der Waals surface area contributed by atoms with Crippen molar-refractivity contribution in [1.82, 2.24) is 0 Å². The third-order valence-corrected chi connectivity index (χ3v) is 8.26. The van der Waals surface area contributed by atoms with Crippen LogP contribution in [0.5, 0.6) is 0 Å². The molecule has 0 heterocycles. The maximum Gasteiger partial charge on any atom is 0.178 e. The molecule has 0 aromatic carbocycles. The predicted molar refractivity (Wildman–Crippen MR) is 121 cm³/mol. The molecule has 4 rings (SSSR count). The van der Waals surface area contributed by atoms with Crippen LogP contribution in [0.25, 0.3) is 0 Å². The zero-order valence-corrected chi connectivity index (χ0v) is 19.9. The van der Waals surface area contributed by atoms with E-state index in [1.165, 1.54) is 5.57 Å². The summed E-state index contributed by atoms with van der Waals surface area (Å²) in [6.07, 6.45) is 9.15. The van der Waals surface area contributed by atoms with Gasteiger partial charge in [0.2, 0.25) is 0 Å². The highest BCUT2D eigenvalue weighted by molar-refractivity contribution is 6.01. The van der Waals surface area contributed by atoms with Crippen LogP contribution in [-0.2, 0) is 9.59 Å². The summed E-state index contributed by atoms with van der Waals surface area (Å²) in [7, 11) is 0. The van der Waals surface area contributed by atoms with Crippen LogP contribution in [0.2, 0.25) is 0 Å². The summed E-state index contributed by atoms with van der Waals surface area (Å²) in [5.74, 6) is 1.77. The van der Waals surface area contributed by atoms with E-state index in [4.69, 9.17) is 0 Å². The second-order valence-electron chi connectivity index (χ2n) is 9.98. The van der Waals surface area contributed by atoms with E-state index >= 15 is 0 Å². The molecule has 0 bridgehead atoms. The van der Waals surface area contributed by atoms with Crippen LogP contribution in [-0.4, -0.2) is 34.0 Å². The van der Waals surface area contributed by atoms with Gasteiger partial charge in [0, 0.05) is 17.8 Å². The number of rotatable bonds is 1. The third kappa shape index (κ3) is 4.23. The van der Waals surface area contributed by atoms with Crippen LogP contribution in [0.4, 0.5) is 0 Å². The highest BCUT2D eigenvalue weighted by Gasteiger charge is 2.62. The normalized spacial score (nSPS) is 43.6. The Labute approximate surface area is 182 Å². The van der Waals surface area contributed by atoms with Crippen molar-refractivity contribution in [3.8, 4) is 0 Å². The Morgan fingerprint density at radius 1 is 1.20 bits per heavy atom. The Morgan fingerprint density at radius 3 is 2.37 bits per heavy atom. The summed E-state index contributed by atoms with van der Waals surface area (Å²) >= 11 is 0. The lowest BCUT2D eigenvalue weighted by Gasteiger charge is -2.59. The van der Waals surface area contributed by atoms with Crippen LogP contribution < -0.4 is 0 Å². The SMILES string of the molecule is CC.CCC(C)=O.C[C@H]1CC2C3CC[C@@H](O)C3(C)CC(O)[C@@H]2C2(C)C=CC(=O)C=C12. The largest absolute Gasteiger partial charge is 0.393 e. The quantitative estimate of drug-likeness (QED) is 0.636. The lowest BCUT2D eigenvalue weighted by molar-refractivity contribution is -0.134. The highest BCUT2D eigenvalue weighted by Crippen LogP contribution is 2.65. The molecule has 0 aliphatic heterocycles. The number of hydrogen-bond acceptors (Lipinski definition) is 4.